The molecule has 0 aliphatic rings. The predicted molar refractivity (Wildman–Crippen MR) is 73.3 cm³/mol. The van der Waals surface area contributed by atoms with E-state index in [9.17, 15) is 0 Å². The van der Waals surface area contributed by atoms with Gasteiger partial charge in [0.1, 0.15) is 5.75 Å². The number of halogens is 1. The first kappa shape index (κ1) is 14.5. The van der Waals surface area contributed by atoms with Crippen LogP contribution in [0.25, 0.3) is 0 Å². The van der Waals surface area contributed by atoms with Crippen molar-refractivity contribution in [3.05, 3.63) is 28.2 Å². The maximum absolute atomic E-state index is 8.66. The van der Waals surface area contributed by atoms with Gasteiger partial charge in [-0.1, -0.05) is 13.0 Å². The number of rotatable bonds is 8. The topological polar surface area (TPSA) is 41.5 Å². The van der Waals surface area contributed by atoms with Crippen LogP contribution >= 0.6 is 15.9 Å². The number of aliphatic hydroxyl groups excluding tert-OH is 1. The van der Waals surface area contributed by atoms with Gasteiger partial charge in [-0.2, -0.15) is 0 Å². The van der Waals surface area contributed by atoms with E-state index < -0.39 is 0 Å². The van der Waals surface area contributed by atoms with E-state index >= 15 is 0 Å². The first-order valence-corrected chi connectivity index (χ1v) is 6.80. The Balaban J connectivity index is 2.44. The predicted octanol–water partition coefficient (Wildman–Crippen LogP) is 2.71. The maximum atomic E-state index is 8.66. The maximum Gasteiger partial charge on any atom is 0.133 e. The Labute approximate surface area is 111 Å². The van der Waals surface area contributed by atoms with Crippen LogP contribution in [0, 0.1) is 0 Å². The molecule has 0 spiro atoms. The lowest BCUT2D eigenvalue weighted by atomic mass is 10.2. The molecule has 0 bridgehead atoms. The van der Waals surface area contributed by atoms with Crippen LogP contribution < -0.4 is 10.1 Å². The van der Waals surface area contributed by atoms with E-state index in [0.29, 0.717) is 0 Å². The number of ether oxygens (including phenoxy) is 1. The van der Waals surface area contributed by atoms with Gasteiger partial charge in [0.05, 0.1) is 11.1 Å². The summed E-state index contributed by atoms with van der Waals surface area (Å²) in [5.74, 6) is 0.894. The second-order valence-corrected chi connectivity index (χ2v) is 4.72. The molecular weight excluding hydrogens is 282 g/mol. The zero-order valence-corrected chi connectivity index (χ0v) is 11.8. The van der Waals surface area contributed by atoms with E-state index in [0.717, 1.165) is 42.8 Å². The summed E-state index contributed by atoms with van der Waals surface area (Å²) in [6.45, 7) is 4.72. The Hall–Kier alpha value is -0.580. The molecule has 0 atom stereocenters. The number of nitrogens with one attached hydrogen (secondary N) is 1. The first-order chi connectivity index (χ1) is 8.27. The van der Waals surface area contributed by atoms with Crippen LogP contribution in [0.5, 0.6) is 5.75 Å². The standard InChI is InChI=1S/C13H20BrNO2/c1-2-8-17-13-5-4-11(9-12(13)14)10-15-6-3-7-16/h4-5,9,15-16H,2-3,6-8,10H2,1H3. The van der Waals surface area contributed by atoms with E-state index in [1.54, 1.807) is 0 Å². The van der Waals surface area contributed by atoms with Gasteiger partial charge in [0.25, 0.3) is 0 Å². The lowest BCUT2D eigenvalue weighted by molar-refractivity contribution is 0.286. The van der Waals surface area contributed by atoms with Gasteiger partial charge < -0.3 is 15.2 Å². The molecular formula is C13H20BrNO2. The third-order valence-corrected chi connectivity index (χ3v) is 2.92. The third-order valence-electron chi connectivity index (χ3n) is 2.30. The Kier molecular flexibility index (Phi) is 7.24. The van der Waals surface area contributed by atoms with Crippen LogP contribution in [0.3, 0.4) is 0 Å². The van der Waals surface area contributed by atoms with Crippen LogP contribution in [-0.4, -0.2) is 24.9 Å². The van der Waals surface area contributed by atoms with E-state index in [1.165, 1.54) is 5.56 Å². The fourth-order valence-electron chi connectivity index (χ4n) is 1.42. The molecule has 1 aromatic carbocycles. The Morgan fingerprint density at radius 1 is 1.41 bits per heavy atom. The normalized spacial score (nSPS) is 10.5. The highest BCUT2D eigenvalue weighted by Gasteiger charge is 2.02. The number of aliphatic hydroxyl groups is 1. The van der Waals surface area contributed by atoms with Gasteiger partial charge in [-0.3, -0.25) is 0 Å². The summed E-state index contributed by atoms with van der Waals surface area (Å²) in [5.41, 5.74) is 1.21. The Morgan fingerprint density at radius 3 is 2.88 bits per heavy atom. The summed E-state index contributed by atoms with van der Waals surface area (Å²) < 4.78 is 6.58. The molecule has 1 aromatic rings. The highest BCUT2D eigenvalue weighted by atomic mass is 79.9. The van der Waals surface area contributed by atoms with Gasteiger partial charge in [0.15, 0.2) is 0 Å². The average molecular weight is 302 g/mol. The summed E-state index contributed by atoms with van der Waals surface area (Å²) >= 11 is 3.51. The molecule has 2 N–H and O–H groups in total. The van der Waals surface area contributed by atoms with Gasteiger partial charge in [0.2, 0.25) is 0 Å². The SMILES string of the molecule is CCCOc1ccc(CNCCCO)cc1Br. The zero-order chi connectivity index (χ0) is 12.5. The largest absolute Gasteiger partial charge is 0.492 e. The molecule has 0 saturated heterocycles. The molecule has 1 rings (SSSR count). The van der Waals surface area contributed by atoms with Gasteiger partial charge in [0, 0.05) is 13.2 Å². The minimum Gasteiger partial charge on any atom is -0.492 e. The Morgan fingerprint density at radius 2 is 2.24 bits per heavy atom. The molecule has 0 radical (unpaired) electrons. The minimum atomic E-state index is 0.237. The third kappa shape index (κ3) is 5.52. The van der Waals surface area contributed by atoms with Crippen molar-refractivity contribution in [2.75, 3.05) is 19.8 Å². The fourth-order valence-corrected chi connectivity index (χ4v) is 1.96. The van der Waals surface area contributed by atoms with Gasteiger partial charge in [-0.15, -0.1) is 0 Å². The summed E-state index contributed by atoms with van der Waals surface area (Å²) in [6, 6.07) is 6.11. The van der Waals surface area contributed by atoms with Crippen molar-refractivity contribution in [2.45, 2.75) is 26.3 Å². The van der Waals surface area contributed by atoms with Crippen LogP contribution in [0.4, 0.5) is 0 Å². The molecule has 0 heterocycles. The fraction of sp³-hybridized carbons (Fsp3) is 0.538. The molecule has 0 aliphatic carbocycles. The van der Waals surface area contributed by atoms with Crippen molar-refractivity contribution in [2.24, 2.45) is 0 Å². The minimum absolute atomic E-state index is 0.237. The summed E-state index contributed by atoms with van der Waals surface area (Å²) in [6.07, 6.45) is 1.80. The van der Waals surface area contributed by atoms with Crippen molar-refractivity contribution in [1.82, 2.24) is 5.32 Å². The van der Waals surface area contributed by atoms with Crippen molar-refractivity contribution >= 4 is 15.9 Å². The lowest BCUT2D eigenvalue weighted by Crippen LogP contribution is -2.15. The average Bonchev–Trinajstić information content (AvgIpc) is 2.34. The molecule has 0 fully saturated rings. The quantitative estimate of drug-likeness (QED) is 0.726. The van der Waals surface area contributed by atoms with E-state index in [-0.39, 0.29) is 6.61 Å². The van der Waals surface area contributed by atoms with E-state index in [4.69, 9.17) is 9.84 Å². The second kappa shape index (κ2) is 8.50. The first-order valence-electron chi connectivity index (χ1n) is 6.00. The lowest BCUT2D eigenvalue weighted by Gasteiger charge is -2.09. The molecule has 96 valence electrons. The number of hydrogen-bond acceptors (Lipinski definition) is 3. The van der Waals surface area contributed by atoms with Crippen molar-refractivity contribution in [1.29, 1.82) is 0 Å². The zero-order valence-electron chi connectivity index (χ0n) is 10.2. The van der Waals surface area contributed by atoms with Crippen molar-refractivity contribution in [3.63, 3.8) is 0 Å². The van der Waals surface area contributed by atoms with Crippen LogP contribution in [0.1, 0.15) is 25.3 Å². The highest BCUT2D eigenvalue weighted by Crippen LogP contribution is 2.26. The smallest absolute Gasteiger partial charge is 0.133 e. The van der Waals surface area contributed by atoms with Crippen LogP contribution in [0.2, 0.25) is 0 Å². The second-order valence-electron chi connectivity index (χ2n) is 3.87. The Bertz CT molecular complexity index is 331. The molecule has 0 amide bonds. The molecule has 17 heavy (non-hydrogen) atoms. The van der Waals surface area contributed by atoms with Gasteiger partial charge >= 0.3 is 0 Å². The summed E-state index contributed by atoms with van der Waals surface area (Å²) in [4.78, 5) is 0. The van der Waals surface area contributed by atoms with Crippen molar-refractivity contribution in [3.8, 4) is 5.75 Å². The molecule has 3 nitrogen and oxygen atoms in total. The van der Waals surface area contributed by atoms with Gasteiger partial charge in [-0.25, -0.2) is 0 Å². The molecule has 0 saturated carbocycles. The summed E-state index contributed by atoms with van der Waals surface area (Å²) in [7, 11) is 0. The van der Waals surface area contributed by atoms with E-state index in [2.05, 4.69) is 40.3 Å². The molecule has 4 heteroatoms. The monoisotopic (exact) mass is 301 g/mol. The van der Waals surface area contributed by atoms with Gasteiger partial charge in [-0.05, 0) is 53.0 Å². The number of hydrogen-bond donors (Lipinski definition) is 2. The molecule has 0 aliphatic heterocycles. The highest BCUT2D eigenvalue weighted by molar-refractivity contribution is 9.10. The molecule has 0 aromatic heterocycles. The van der Waals surface area contributed by atoms with Crippen molar-refractivity contribution < 1.29 is 9.84 Å². The van der Waals surface area contributed by atoms with Crippen LogP contribution in [0.15, 0.2) is 22.7 Å². The van der Waals surface area contributed by atoms with E-state index in [1.807, 2.05) is 6.07 Å². The number of benzene rings is 1. The summed E-state index contributed by atoms with van der Waals surface area (Å²) in [5, 5.41) is 11.9. The molecule has 0 unspecified atom stereocenters. The van der Waals surface area contributed by atoms with Crippen LogP contribution in [-0.2, 0) is 6.54 Å².